The zero-order chi connectivity index (χ0) is 17.0. The van der Waals surface area contributed by atoms with Crippen molar-refractivity contribution in [3.63, 3.8) is 0 Å². The van der Waals surface area contributed by atoms with Gasteiger partial charge >= 0.3 is 5.97 Å². The normalized spacial score (nSPS) is 21.7. The Morgan fingerprint density at radius 3 is 2.74 bits per heavy atom. The van der Waals surface area contributed by atoms with Crippen LogP contribution in [0, 0.1) is 19.8 Å². The van der Waals surface area contributed by atoms with Crippen LogP contribution in [0.5, 0.6) is 0 Å². The van der Waals surface area contributed by atoms with Gasteiger partial charge in [0.15, 0.2) is 0 Å². The summed E-state index contributed by atoms with van der Waals surface area (Å²) in [5.74, 6) is -0.771. The molecule has 2 atom stereocenters. The van der Waals surface area contributed by atoms with Crippen molar-refractivity contribution in [2.45, 2.75) is 46.1 Å². The summed E-state index contributed by atoms with van der Waals surface area (Å²) < 4.78 is 0. The van der Waals surface area contributed by atoms with Crippen LogP contribution >= 0.6 is 0 Å². The third-order valence-corrected chi connectivity index (χ3v) is 4.66. The maximum absolute atomic E-state index is 12.1. The van der Waals surface area contributed by atoms with Gasteiger partial charge in [-0.25, -0.2) is 4.79 Å². The SMILES string of the molecule is Cc1ccc(CC(=O)NOC(=O)C2CCN(C)C(C)C2)c(C)c1. The highest BCUT2D eigenvalue weighted by molar-refractivity contribution is 5.80. The quantitative estimate of drug-likeness (QED) is 0.868. The van der Waals surface area contributed by atoms with E-state index >= 15 is 0 Å². The summed E-state index contributed by atoms with van der Waals surface area (Å²) in [6.07, 6.45) is 1.75. The van der Waals surface area contributed by atoms with Gasteiger partial charge in [0.1, 0.15) is 0 Å². The highest BCUT2D eigenvalue weighted by atomic mass is 16.7. The van der Waals surface area contributed by atoms with Gasteiger partial charge in [-0.05, 0) is 58.3 Å². The standard InChI is InChI=1S/C18H26N2O3/c1-12-5-6-15(13(2)9-12)11-17(21)19-23-18(22)16-7-8-20(4)14(3)10-16/h5-6,9,14,16H,7-8,10-11H2,1-4H3,(H,19,21). The Morgan fingerprint density at radius 1 is 1.35 bits per heavy atom. The fourth-order valence-electron chi connectivity index (χ4n) is 2.95. The van der Waals surface area contributed by atoms with E-state index in [1.165, 1.54) is 0 Å². The van der Waals surface area contributed by atoms with E-state index in [0.29, 0.717) is 6.04 Å². The maximum Gasteiger partial charge on any atom is 0.335 e. The van der Waals surface area contributed by atoms with E-state index in [1.807, 2.05) is 32.0 Å². The molecule has 0 aliphatic carbocycles. The zero-order valence-corrected chi connectivity index (χ0v) is 14.4. The topological polar surface area (TPSA) is 58.6 Å². The molecular formula is C18H26N2O3. The van der Waals surface area contributed by atoms with Crippen molar-refractivity contribution in [1.29, 1.82) is 0 Å². The molecule has 1 aromatic carbocycles. The molecule has 0 aromatic heterocycles. The van der Waals surface area contributed by atoms with E-state index in [-0.39, 0.29) is 24.2 Å². The van der Waals surface area contributed by atoms with Crippen molar-refractivity contribution in [2.24, 2.45) is 5.92 Å². The van der Waals surface area contributed by atoms with E-state index < -0.39 is 0 Å². The number of nitrogens with zero attached hydrogens (tertiary/aromatic N) is 1. The van der Waals surface area contributed by atoms with Crippen molar-refractivity contribution in [3.8, 4) is 0 Å². The minimum atomic E-state index is -0.334. The van der Waals surface area contributed by atoms with Gasteiger partial charge in [0, 0.05) is 6.04 Å². The highest BCUT2D eigenvalue weighted by Crippen LogP contribution is 2.22. The molecule has 0 radical (unpaired) electrons. The predicted octanol–water partition coefficient (Wildman–Crippen LogP) is 2.15. The minimum Gasteiger partial charge on any atom is -0.340 e. The van der Waals surface area contributed by atoms with Gasteiger partial charge < -0.3 is 9.74 Å². The predicted molar refractivity (Wildman–Crippen MR) is 88.7 cm³/mol. The second-order valence-corrected chi connectivity index (χ2v) is 6.60. The number of hydroxylamine groups is 1. The molecule has 1 fully saturated rings. The van der Waals surface area contributed by atoms with Crippen LogP contribution in [0.3, 0.4) is 0 Å². The molecule has 5 heteroatoms. The lowest BCUT2D eigenvalue weighted by Crippen LogP contribution is -2.42. The molecule has 0 saturated carbocycles. The minimum absolute atomic E-state index is 0.136. The smallest absolute Gasteiger partial charge is 0.335 e. The second-order valence-electron chi connectivity index (χ2n) is 6.60. The first-order chi connectivity index (χ1) is 10.9. The molecule has 23 heavy (non-hydrogen) atoms. The molecule has 126 valence electrons. The average Bonchev–Trinajstić information content (AvgIpc) is 2.50. The summed E-state index contributed by atoms with van der Waals surface area (Å²) >= 11 is 0. The van der Waals surface area contributed by atoms with E-state index in [9.17, 15) is 9.59 Å². The summed E-state index contributed by atoms with van der Waals surface area (Å²) in [7, 11) is 2.05. The number of rotatable bonds is 3. The lowest BCUT2D eigenvalue weighted by molar-refractivity contribution is -0.163. The molecule has 5 nitrogen and oxygen atoms in total. The fourth-order valence-corrected chi connectivity index (χ4v) is 2.95. The summed E-state index contributed by atoms with van der Waals surface area (Å²) in [5, 5.41) is 0. The largest absolute Gasteiger partial charge is 0.340 e. The van der Waals surface area contributed by atoms with Gasteiger partial charge in [-0.3, -0.25) is 4.79 Å². The van der Waals surface area contributed by atoms with Crippen molar-refractivity contribution in [3.05, 3.63) is 34.9 Å². The van der Waals surface area contributed by atoms with Crippen LogP contribution in [0.2, 0.25) is 0 Å². The molecule has 1 saturated heterocycles. The fraction of sp³-hybridized carbons (Fsp3) is 0.556. The molecule has 0 spiro atoms. The first-order valence-electron chi connectivity index (χ1n) is 8.12. The van der Waals surface area contributed by atoms with Crippen LogP contribution in [0.1, 0.15) is 36.5 Å². The number of carbonyl (C=O) groups is 2. The number of benzene rings is 1. The Morgan fingerprint density at radius 2 is 2.09 bits per heavy atom. The number of hydrogen-bond donors (Lipinski definition) is 1. The Balaban J connectivity index is 1.81. The highest BCUT2D eigenvalue weighted by Gasteiger charge is 2.29. The van der Waals surface area contributed by atoms with Gasteiger partial charge in [-0.2, -0.15) is 5.48 Å². The monoisotopic (exact) mass is 318 g/mol. The van der Waals surface area contributed by atoms with Crippen molar-refractivity contribution in [2.75, 3.05) is 13.6 Å². The number of piperidine rings is 1. The molecule has 0 bridgehead atoms. The first kappa shape index (κ1) is 17.5. The van der Waals surface area contributed by atoms with Crippen LogP contribution < -0.4 is 5.48 Å². The second kappa shape index (κ2) is 7.59. The third kappa shape index (κ3) is 4.79. The van der Waals surface area contributed by atoms with Crippen LogP contribution in [0.25, 0.3) is 0 Å². The zero-order valence-electron chi connectivity index (χ0n) is 14.4. The first-order valence-corrected chi connectivity index (χ1v) is 8.12. The van der Waals surface area contributed by atoms with Crippen LogP contribution in [0.4, 0.5) is 0 Å². The third-order valence-electron chi connectivity index (χ3n) is 4.66. The molecule has 2 rings (SSSR count). The van der Waals surface area contributed by atoms with Crippen LogP contribution in [0.15, 0.2) is 18.2 Å². The van der Waals surface area contributed by atoms with Gasteiger partial charge in [-0.1, -0.05) is 23.8 Å². The maximum atomic E-state index is 12.1. The van der Waals surface area contributed by atoms with Crippen molar-refractivity contribution in [1.82, 2.24) is 10.4 Å². The van der Waals surface area contributed by atoms with Crippen molar-refractivity contribution >= 4 is 11.9 Å². The number of amides is 1. The Hall–Kier alpha value is -1.88. The lowest BCUT2D eigenvalue weighted by atomic mass is 9.92. The van der Waals surface area contributed by atoms with E-state index in [4.69, 9.17) is 4.84 Å². The number of likely N-dealkylation sites (tertiary alicyclic amines) is 1. The molecule has 1 aliphatic heterocycles. The van der Waals surface area contributed by atoms with Gasteiger partial charge in [0.25, 0.3) is 5.91 Å². The summed E-state index contributed by atoms with van der Waals surface area (Å²) in [5.41, 5.74) is 5.46. The Bertz CT molecular complexity index is 586. The molecule has 1 heterocycles. The molecule has 2 unspecified atom stereocenters. The average molecular weight is 318 g/mol. The number of nitrogens with one attached hydrogen (secondary N) is 1. The van der Waals surface area contributed by atoms with Crippen molar-refractivity contribution < 1.29 is 14.4 Å². The van der Waals surface area contributed by atoms with Crippen LogP contribution in [-0.2, 0) is 20.8 Å². The number of hydrogen-bond acceptors (Lipinski definition) is 4. The summed E-state index contributed by atoms with van der Waals surface area (Å²) in [6, 6.07) is 6.30. The van der Waals surface area contributed by atoms with Gasteiger partial charge in [0.2, 0.25) is 0 Å². The Kier molecular flexibility index (Phi) is 5.77. The number of carbonyl (C=O) groups excluding carboxylic acids is 2. The number of aryl methyl sites for hydroxylation is 2. The van der Waals surface area contributed by atoms with Crippen LogP contribution in [-0.4, -0.2) is 36.4 Å². The summed E-state index contributed by atoms with van der Waals surface area (Å²) in [4.78, 5) is 31.3. The Labute approximate surface area is 138 Å². The van der Waals surface area contributed by atoms with E-state index in [0.717, 1.165) is 36.1 Å². The molecule has 1 amide bonds. The van der Waals surface area contributed by atoms with Gasteiger partial charge in [-0.15, -0.1) is 0 Å². The van der Waals surface area contributed by atoms with E-state index in [2.05, 4.69) is 24.4 Å². The molecule has 1 N–H and O–H groups in total. The molecular weight excluding hydrogens is 292 g/mol. The summed E-state index contributed by atoms with van der Waals surface area (Å²) in [6.45, 7) is 6.96. The van der Waals surface area contributed by atoms with E-state index in [1.54, 1.807) is 0 Å². The van der Waals surface area contributed by atoms with Gasteiger partial charge in [0.05, 0.1) is 12.3 Å². The lowest BCUT2D eigenvalue weighted by Gasteiger charge is -2.33. The molecule has 1 aromatic rings. The molecule has 1 aliphatic rings.